The van der Waals surface area contributed by atoms with Crippen molar-refractivity contribution in [3.05, 3.63) is 57.9 Å². The largest absolute Gasteiger partial charge is 0.493 e. The molecule has 0 bridgehead atoms. The van der Waals surface area contributed by atoms with Gasteiger partial charge in [-0.05, 0) is 72.4 Å². The molecular weight excluding hydrogens is 374 g/mol. The molecule has 8 heteroatoms. The van der Waals surface area contributed by atoms with Gasteiger partial charge in [0.2, 0.25) is 4.77 Å². The quantitative estimate of drug-likeness (QED) is 0.567. The van der Waals surface area contributed by atoms with E-state index in [-0.39, 0.29) is 0 Å². The fourth-order valence-electron chi connectivity index (χ4n) is 3.21. The lowest BCUT2D eigenvalue weighted by Crippen LogP contribution is -2.22. The Morgan fingerprint density at radius 1 is 1.00 bits per heavy atom. The summed E-state index contributed by atoms with van der Waals surface area (Å²) in [6, 6.07) is 12.0. The van der Waals surface area contributed by atoms with Crippen LogP contribution in [0.4, 0.5) is 0 Å². The number of nitrogens with zero attached hydrogens (tertiary/aromatic N) is 5. The summed E-state index contributed by atoms with van der Waals surface area (Å²) < 4.78 is 14.7. The first-order valence-corrected chi connectivity index (χ1v) is 9.34. The third-order valence-corrected chi connectivity index (χ3v) is 4.95. The molecule has 148 valence electrons. The average Bonchev–Trinajstić information content (AvgIpc) is 3.02. The lowest BCUT2D eigenvalue weighted by Gasteiger charge is -2.17. The number of hydrogen-bond donors (Lipinski definition) is 0. The number of ether oxygens (including phenoxy) is 2. The van der Waals surface area contributed by atoms with Gasteiger partial charge in [-0.3, -0.25) is 4.90 Å². The standard InChI is InChI=1S/C20H25N5O2S/c1-14-7-6-8-15(2)19(14)25-20(28)24(21-22-25)13-23(3)12-16-9-10-17(26-4)18(11-16)27-5/h6-11H,12-13H2,1-5H3. The topological polar surface area (TPSA) is 57.3 Å². The molecule has 2 aromatic carbocycles. The van der Waals surface area contributed by atoms with Crippen LogP contribution in [-0.2, 0) is 13.2 Å². The number of aryl methyl sites for hydroxylation is 2. The van der Waals surface area contributed by atoms with Gasteiger partial charge in [0.15, 0.2) is 11.5 Å². The molecule has 28 heavy (non-hydrogen) atoms. The molecule has 0 N–H and O–H groups in total. The monoisotopic (exact) mass is 399 g/mol. The second-order valence-corrected chi connectivity index (χ2v) is 7.12. The average molecular weight is 400 g/mol. The van der Waals surface area contributed by atoms with Crippen molar-refractivity contribution in [2.45, 2.75) is 27.1 Å². The van der Waals surface area contributed by atoms with E-state index in [9.17, 15) is 0 Å². The number of tetrazole rings is 1. The first-order valence-electron chi connectivity index (χ1n) is 8.93. The summed E-state index contributed by atoms with van der Waals surface area (Å²) in [5.74, 6) is 1.43. The van der Waals surface area contributed by atoms with Crippen molar-refractivity contribution >= 4 is 12.2 Å². The van der Waals surface area contributed by atoms with Crippen molar-refractivity contribution in [3.8, 4) is 17.2 Å². The van der Waals surface area contributed by atoms with Crippen LogP contribution in [0.15, 0.2) is 36.4 Å². The predicted octanol–water partition coefficient (Wildman–Crippen LogP) is 3.52. The molecule has 0 amide bonds. The maximum Gasteiger partial charge on any atom is 0.221 e. The summed E-state index contributed by atoms with van der Waals surface area (Å²) in [5, 5.41) is 8.54. The smallest absolute Gasteiger partial charge is 0.221 e. The van der Waals surface area contributed by atoms with Gasteiger partial charge >= 0.3 is 0 Å². The molecular formula is C20H25N5O2S. The molecule has 0 saturated heterocycles. The SMILES string of the molecule is COc1ccc(CN(C)Cn2nnn(-c3c(C)cccc3C)c2=S)cc1OC. The third kappa shape index (κ3) is 4.07. The molecule has 0 fully saturated rings. The molecule has 1 heterocycles. The Kier molecular flexibility index (Phi) is 6.11. The Hall–Kier alpha value is -2.71. The fraction of sp³-hybridized carbons (Fsp3) is 0.350. The molecule has 0 radical (unpaired) electrons. The number of aromatic nitrogens is 4. The van der Waals surface area contributed by atoms with Gasteiger partial charge in [-0.1, -0.05) is 24.3 Å². The highest BCUT2D eigenvalue weighted by Crippen LogP contribution is 2.28. The van der Waals surface area contributed by atoms with E-state index in [4.69, 9.17) is 21.7 Å². The number of benzene rings is 2. The highest BCUT2D eigenvalue weighted by atomic mass is 32.1. The van der Waals surface area contributed by atoms with Crippen LogP contribution in [0.3, 0.4) is 0 Å². The highest BCUT2D eigenvalue weighted by molar-refractivity contribution is 7.71. The van der Waals surface area contributed by atoms with Crippen LogP contribution in [0.2, 0.25) is 0 Å². The summed E-state index contributed by atoms with van der Waals surface area (Å²) >= 11 is 5.62. The zero-order valence-corrected chi connectivity index (χ0v) is 17.7. The molecule has 0 aliphatic rings. The number of hydrogen-bond acceptors (Lipinski definition) is 6. The molecule has 0 unspecified atom stereocenters. The maximum atomic E-state index is 5.62. The minimum absolute atomic E-state index is 0.526. The van der Waals surface area contributed by atoms with Gasteiger partial charge in [0.1, 0.15) is 0 Å². The van der Waals surface area contributed by atoms with E-state index in [2.05, 4.69) is 15.3 Å². The van der Waals surface area contributed by atoms with Gasteiger partial charge in [-0.15, -0.1) is 0 Å². The summed E-state index contributed by atoms with van der Waals surface area (Å²) in [5.41, 5.74) is 4.32. The van der Waals surface area contributed by atoms with E-state index >= 15 is 0 Å². The number of methoxy groups -OCH3 is 2. The van der Waals surface area contributed by atoms with Crippen LogP contribution in [0, 0.1) is 18.6 Å². The summed E-state index contributed by atoms with van der Waals surface area (Å²) in [6.45, 7) is 5.33. The van der Waals surface area contributed by atoms with Crippen LogP contribution >= 0.6 is 12.2 Å². The zero-order chi connectivity index (χ0) is 20.3. The van der Waals surface area contributed by atoms with Gasteiger partial charge in [-0.2, -0.15) is 4.68 Å². The summed E-state index contributed by atoms with van der Waals surface area (Å²) in [6.07, 6.45) is 0. The van der Waals surface area contributed by atoms with Crippen LogP contribution < -0.4 is 9.47 Å². The number of para-hydroxylation sites is 1. The Morgan fingerprint density at radius 3 is 2.32 bits per heavy atom. The van der Waals surface area contributed by atoms with E-state index in [0.29, 0.717) is 29.5 Å². The van der Waals surface area contributed by atoms with Crippen LogP contribution in [0.25, 0.3) is 5.69 Å². The zero-order valence-electron chi connectivity index (χ0n) is 16.8. The lowest BCUT2D eigenvalue weighted by atomic mass is 10.1. The molecule has 0 atom stereocenters. The lowest BCUT2D eigenvalue weighted by molar-refractivity contribution is 0.241. The molecule has 1 aromatic heterocycles. The Balaban J connectivity index is 1.78. The molecule has 3 rings (SSSR count). The Bertz CT molecular complexity index is 1010. The van der Waals surface area contributed by atoms with Crippen molar-refractivity contribution in [1.29, 1.82) is 0 Å². The van der Waals surface area contributed by atoms with Gasteiger partial charge in [0.25, 0.3) is 0 Å². The summed E-state index contributed by atoms with van der Waals surface area (Å²) in [7, 11) is 5.28. The predicted molar refractivity (Wildman–Crippen MR) is 111 cm³/mol. The molecule has 0 aliphatic carbocycles. The van der Waals surface area contributed by atoms with Crippen LogP contribution in [-0.4, -0.2) is 46.0 Å². The van der Waals surface area contributed by atoms with Crippen LogP contribution in [0.5, 0.6) is 11.5 Å². The molecule has 0 saturated carbocycles. The van der Waals surface area contributed by atoms with E-state index in [1.54, 1.807) is 23.6 Å². The van der Waals surface area contributed by atoms with E-state index in [0.717, 1.165) is 22.4 Å². The highest BCUT2D eigenvalue weighted by Gasteiger charge is 2.13. The van der Waals surface area contributed by atoms with Gasteiger partial charge < -0.3 is 9.47 Å². The first kappa shape index (κ1) is 20.0. The van der Waals surface area contributed by atoms with Gasteiger partial charge in [-0.25, -0.2) is 4.68 Å². The van der Waals surface area contributed by atoms with E-state index < -0.39 is 0 Å². The minimum atomic E-state index is 0.526. The van der Waals surface area contributed by atoms with Crippen molar-refractivity contribution in [2.75, 3.05) is 21.3 Å². The second kappa shape index (κ2) is 8.53. The Labute approximate surface area is 170 Å². The molecule has 0 aliphatic heterocycles. The van der Waals surface area contributed by atoms with Crippen molar-refractivity contribution in [3.63, 3.8) is 0 Å². The van der Waals surface area contributed by atoms with Crippen molar-refractivity contribution in [1.82, 2.24) is 24.7 Å². The molecule has 3 aromatic rings. The van der Waals surface area contributed by atoms with Gasteiger partial charge in [0, 0.05) is 6.54 Å². The maximum absolute atomic E-state index is 5.62. The van der Waals surface area contributed by atoms with Gasteiger partial charge in [0.05, 0.1) is 26.6 Å². The molecule has 0 spiro atoms. The van der Waals surface area contributed by atoms with Crippen molar-refractivity contribution < 1.29 is 9.47 Å². The van der Waals surface area contributed by atoms with E-state index in [1.165, 1.54) is 0 Å². The second-order valence-electron chi connectivity index (χ2n) is 6.76. The minimum Gasteiger partial charge on any atom is -0.493 e. The first-order chi connectivity index (χ1) is 13.4. The Morgan fingerprint density at radius 2 is 1.68 bits per heavy atom. The molecule has 7 nitrogen and oxygen atoms in total. The third-order valence-electron chi connectivity index (χ3n) is 4.57. The van der Waals surface area contributed by atoms with E-state index in [1.807, 2.05) is 57.3 Å². The fourth-order valence-corrected chi connectivity index (χ4v) is 3.43. The van der Waals surface area contributed by atoms with Crippen LogP contribution in [0.1, 0.15) is 16.7 Å². The summed E-state index contributed by atoms with van der Waals surface area (Å²) in [4.78, 5) is 2.11. The normalized spacial score (nSPS) is 11.1. The number of rotatable bonds is 7. The van der Waals surface area contributed by atoms with Crippen molar-refractivity contribution in [2.24, 2.45) is 0 Å².